The first-order chi connectivity index (χ1) is 18.0. The van der Waals surface area contributed by atoms with Gasteiger partial charge in [0.05, 0.1) is 18.6 Å². The zero-order valence-electron chi connectivity index (χ0n) is 20.1. The van der Waals surface area contributed by atoms with Gasteiger partial charge in [0.1, 0.15) is 16.7 Å². The smallest absolute Gasteiger partial charge is 0.251 e. The Morgan fingerprint density at radius 3 is 2.54 bits per heavy atom. The van der Waals surface area contributed by atoms with Crippen molar-refractivity contribution in [3.63, 3.8) is 0 Å². The number of rotatable bonds is 3. The summed E-state index contributed by atoms with van der Waals surface area (Å²) >= 11 is 6.50. The van der Waals surface area contributed by atoms with Crippen LogP contribution in [0.15, 0.2) is 66.7 Å². The number of fused-ring (bicyclic) bond motifs is 7. The molecule has 4 aliphatic rings. The van der Waals surface area contributed by atoms with Gasteiger partial charge in [-0.2, -0.15) is 0 Å². The molecule has 37 heavy (non-hydrogen) atoms. The monoisotopic (exact) mass is 513 g/mol. The van der Waals surface area contributed by atoms with Crippen molar-refractivity contribution in [1.29, 1.82) is 0 Å². The number of anilines is 2. The molecule has 0 saturated carbocycles. The van der Waals surface area contributed by atoms with E-state index in [-0.39, 0.29) is 23.6 Å². The highest BCUT2D eigenvalue weighted by Gasteiger charge is 2.81. The molecule has 0 unspecified atom stereocenters. The van der Waals surface area contributed by atoms with E-state index in [1.54, 1.807) is 36.4 Å². The largest absolute Gasteiger partial charge is 0.496 e. The molecule has 2 amide bonds. The zero-order valence-corrected chi connectivity index (χ0v) is 20.8. The fourth-order valence-electron chi connectivity index (χ4n) is 7.57. The third kappa shape index (κ3) is 2.53. The number of methoxy groups -OCH3 is 1. The Hall–Kier alpha value is -3.68. The van der Waals surface area contributed by atoms with Crippen LogP contribution in [0.4, 0.5) is 11.4 Å². The molecule has 0 aromatic heterocycles. The van der Waals surface area contributed by atoms with E-state index in [0.29, 0.717) is 51.8 Å². The average molecular weight is 514 g/mol. The highest BCUT2D eigenvalue weighted by Crippen LogP contribution is 2.68. The van der Waals surface area contributed by atoms with E-state index < -0.39 is 16.9 Å². The van der Waals surface area contributed by atoms with Crippen molar-refractivity contribution in [3.8, 4) is 5.75 Å². The lowest BCUT2D eigenvalue weighted by Gasteiger charge is -2.43. The van der Waals surface area contributed by atoms with Gasteiger partial charge in [-0.15, -0.1) is 0 Å². The van der Waals surface area contributed by atoms with Crippen molar-refractivity contribution in [2.24, 2.45) is 5.92 Å². The van der Waals surface area contributed by atoms with Crippen molar-refractivity contribution in [2.75, 3.05) is 24.3 Å². The van der Waals surface area contributed by atoms with Gasteiger partial charge in [0.15, 0.2) is 5.78 Å². The molecular formula is C29H24ClN3O4. The van der Waals surface area contributed by atoms with Gasteiger partial charge in [-0.1, -0.05) is 41.9 Å². The molecule has 0 radical (unpaired) electrons. The van der Waals surface area contributed by atoms with Crippen molar-refractivity contribution < 1.29 is 19.1 Å². The number of ether oxygens (including phenoxy) is 1. The minimum Gasteiger partial charge on any atom is -0.496 e. The summed E-state index contributed by atoms with van der Waals surface area (Å²) < 4.78 is 5.56. The standard InChI is InChI=1S/C29H24ClN3O4/c1-37-23-11-5-2-7-17(23)25(34)24-22-10-6-14-33(22)29(19-15-16(30)12-13-21(19)32-27(29)36)28(24)18-8-3-4-9-20(18)31-26(28)35/h2-5,7-9,11-13,15,22,24H,6,10,14H2,1H3,(H,31,35)(H,32,36)/t22-,24-,28+,29+/m0/s1. The molecule has 8 heteroatoms. The third-order valence-electron chi connectivity index (χ3n) is 8.71. The summed E-state index contributed by atoms with van der Waals surface area (Å²) in [7, 11) is 1.53. The highest BCUT2D eigenvalue weighted by molar-refractivity contribution is 6.31. The summed E-state index contributed by atoms with van der Waals surface area (Å²) in [4.78, 5) is 45.6. The maximum Gasteiger partial charge on any atom is 0.251 e. The summed E-state index contributed by atoms with van der Waals surface area (Å²) in [6.45, 7) is 0.580. The summed E-state index contributed by atoms with van der Waals surface area (Å²) in [6.07, 6.45) is 1.50. The maximum absolute atomic E-state index is 14.7. The van der Waals surface area contributed by atoms with E-state index in [9.17, 15) is 14.4 Å². The molecule has 7 rings (SSSR count). The van der Waals surface area contributed by atoms with Gasteiger partial charge in [0, 0.05) is 28.0 Å². The molecule has 2 spiro atoms. The maximum atomic E-state index is 14.7. The number of hydrogen-bond acceptors (Lipinski definition) is 5. The Morgan fingerprint density at radius 2 is 1.70 bits per heavy atom. The number of hydrogen-bond donors (Lipinski definition) is 2. The van der Waals surface area contributed by atoms with E-state index in [0.717, 1.165) is 6.42 Å². The molecule has 4 heterocycles. The van der Waals surface area contributed by atoms with Gasteiger partial charge in [0.25, 0.3) is 5.91 Å². The first kappa shape index (κ1) is 22.5. The molecule has 4 aliphatic heterocycles. The lowest BCUT2D eigenvalue weighted by molar-refractivity contribution is -0.137. The summed E-state index contributed by atoms with van der Waals surface area (Å²) in [5, 5.41) is 6.54. The molecule has 4 atom stereocenters. The Balaban J connectivity index is 1.60. The van der Waals surface area contributed by atoms with Crippen LogP contribution in [0.25, 0.3) is 0 Å². The number of carbonyl (C=O) groups is 3. The topological polar surface area (TPSA) is 87.7 Å². The normalized spacial score (nSPS) is 29.2. The second kappa shape index (κ2) is 7.66. The second-order valence-corrected chi connectivity index (χ2v) is 10.5. The van der Waals surface area contributed by atoms with E-state index in [1.165, 1.54) is 7.11 Å². The average Bonchev–Trinajstić information content (AvgIpc) is 3.62. The molecule has 2 saturated heterocycles. The Kier molecular flexibility index (Phi) is 4.66. The Bertz CT molecular complexity index is 1520. The quantitative estimate of drug-likeness (QED) is 0.508. The molecule has 7 nitrogen and oxygen atoms in total. The van der Waals surface area contributed by atoms with Gasteiger partial charge in [0.2, 0.25) is 5.91 Å². The van der Waals surface area contributed by atoms with Crippen LogP contribution >= 0.6 is 11.6 Å². The first-order valence-electron chi connectivity index (χ1n) is 12.4. The second-order valence-electron chi connectivity index (χ2n) is 10.1. The van der Waals surface area contributed by atoms with Gasteiger partial charge in [-0.05, 0) is 61.3 Å². The molecule has 186 valence electrons. The lowest BCUT2D eigenvalue weighted by atomic mass is 9.57. The van der Waals surface area contributed by atoms with E-state index in [1.807, 2.05) is 30.3 Å². The van der Waals surface area contributed by atoms with Crippen LogP contribution < -0.4 is 15.4 Å². The van der Waals surface area contributed by atoms with E-state index in [4.69, 9.17) is 16.3 Å². The van der Waals surface area contributed by atoms with Crippen molar-refractivity contribution in [3.05, 3.63) is 88.4 Å². The van der Waals surface area contributed by atoms with E-state index >= 15 is 0 Å². The number of para-hydroxylation sites is 2. The number of benzene rings is 3. The van der Waals surface area contributed by atoms with Crippen molar-refractivity contribution in [2.45, 2.75) is 29.8 Å². The van der Waals surface area contributed by atoms with Crippen LogP contribution in [0.1, 0.15) is 34.3 Å². The van der Waals surface area contributed by atoms with Crippen molar-refractivity contribution >= 4 is 40.6 Å². The van der Waals surface area contributed by atoms with Crippen LogP contribution in [0.3, 0.4) is 0 Å². The third-order valence-corrected chi connectivity index (χ3v) is 8.95. The zero-order chi connectivity index (χ0) is 25.5. The van der Waals surface area contributed by atoms with Crippen LogP contribution in [0, 0.1) is 5.92 Å². The number of halogens is 1. The van der Waals surface area contributed by atoms with Crippen LogP contribution in [-0.4, -0.2) is 42.2 Å². The number of nitrogens with zero attached hydrogens (tertiary/aromatic N) is 1. The van der Waals surface area contributed by atoms with Gasteiger partial charge in [-0.3, -0.25) is 19.3 Å². The molecule has 2 N–H and O–H groups in total. The Morgan fingerprint density at radius 1 is 0.973 bits per heavy atom. The molecular weight excluding hydrogens is 490 g/mol. The van der Waals surface area contributed by atoms with Gasteiger partial charge >= 0.3 is 0 Å². The minimum absolute atomic E-state index is 0.207. The van der Waals surface area contributed by atoms with Gasteiger partial charge < -0.3 is 15.4 Å². The first-order valence-corrected chi connectivity index (χ1v) is 12.8. The number of amides is 2. The molecule has 3 aromatic rings. The predicted molar refractivity (Wildman–Crippen MR) is 139 cm³/mol. The Labute approximate surface area is 218 Å². The summed E-state index contributed by atoms with van der Waals surface area (Å²) in [5.74, 6) is -1.25. The summed E-state index contributed by atoms with van der Waals surface area (Å²) in [5.41, 5.74) is -0.0129. The summed E-state index contributed by atoms with van der Waals surface area (Å²) in [6, 6.07) is 19.4. The van der Waals surface area contributed by atoms with Crippen LogP contribution in [0.5, 0.6) is 5.75 Å². The van der Waals surface area contributed by atoms with Crippen LogP contribution in [-0.2, 0) is 20.5 Å². The molecule has 0 aliphatic carbocycles. The highest BCUT2D eigenvalue weighted by atomic mass is 35.5. The van der Waals surface area contributed by atoms with E-state index in [2.05, 4.69) is 15.5 Å². The minimum atomic E-state index is -1.51. The van der Waals surface area contributed by atoms with Gasteiger partial charge in [-0.25, -0.2) is 0 Å². The molecule has 3 aromatic carbocycles. The van der Waals surface area contributed by atoms with Crippen molar-refractivity contribution in [1.82, 2.24) is 4.90 Å². The number of carbonyl (C=O) groups excluding carboxylic acids is 3. The number of Topliss-reactive ketones (excluding diaryl/α,β-unsaturated/α-hetero) is 1. The van der Waals surface area contributed by atoms with Crippen LogP contribution in [0.2, 0.25) is 5.02 Å². The fourth-order valence-corrected chi connectivity index (χ4v) is 7.74. The molecule has 2 fully saturated rings. The number of ketones is 1. The lowest BCUT2D eigenvalue weighted by Crippen LogP contribution is -2.62. The number of nitrogens with one attached hydrogen (secondary N) is 2. The molecule has 0 bridgehead atoms. The fraction of sp³-hybridized carbons (Fsp3) is 0.276. The predicted octanol–water partition coefficient (Wildman–Crippen LogP) is 4.36. The SMILES string of the molecule is COc1ccccc1C(=O)[C@@H]1[C@@H]2CCCN2[C@]2(C(=O)Nc3ccc(Cl)cc32)[C@@]12C(=O)Nc1ccccc12.